The Morgan fingerprint density at radius 3 is 2.22 bits per heavy atom. The maximum absolute atomic E-state index is 11.7. The van der Waals surface area contributed by atoms with E-state index in [0.29, 0.717) is 35.0 Å². The minimum Gasteiger partial charge on any atom is -0.481 e. The van der Waals surface area contributed by atoms with Gasteiger partial charge in [0.25, 0.3) is 0 Å². The fourth-order valence-corrected chi connectivity index (χ4v) is 2.78. The predicted molar refractivity (Wildman–Crippen MR) is 79.2 cm³/mol. The number of rotatable bonds is 4. The van der Waals surface area contributed by atoms with Crippen molar-refractivity contribution in [1.29, 1.82) is 0 Å². The highest BCUT2D eigenvalue weighted by Gasteiger charge is 2.24. The summed E-state index contributed by atoms with van der Waals surface area (Å²) in [6, 6.07) is 10.7. The van der Waals surface area contributed by atoms with E-state index in [0.717, 1.165) is 5.56 Å². The Balaban J connectivity index is 1.62. The van der Waals surface area contributed by atoms with Crippen molar-refractivity contribution >= 4 is 5.97 Å². The Bertz CT molecular complexity index is 770. The van der Waals surface area contributed by atoms with E-state index in [1.54, 1.807) is 24.3 Å². The summed E-state index contributed by atoms with van der Waals surface area (Å²) in [4.78, 5) is 11.7. The Morgan fingerprint density at radius 2 is 1.52 bits per heavy atom. The second-order valence-corrected chi connectivity index (χ2v) is 5.40. The maximum Gasteiger partial charge on any atom is 0.311 e. The van der Waals surface area contributed by atoms with Crippen molar-refractivity contribution in [3.8, 4) is 23.0 Å². The molecule has 2 aromatic rings. The zero-order valence-corrected chi connectivity index (χ0v) is 12.2. The topological polar surface area (TPSA) is 74.2 Å². The van der Waals surface area contributed by atoms with E-state index in [4.69, 9.17) is 18.9 Å². The summed E-state index contributed by atoms with van der Waals surface area (Å²) in [5.74, 6) is 0.993. The SMILES string of the molecule is O=C(O)C(Cc1ccc2c(c1)OCO2)c1ccc2c(c1)OCO2. The van der Waals surface area contributed by atoms with Gasteiger partial charge in [-0.15, -0.1) is 0 Å². The lowest BCUT2D eigenvalue weighted by Gasteiger charge is -2.14. The van der Waals surface area contributed by atoms with Crippen LogP contribution in [0.5, 0.6) is 23.0 Å². The zero-order chi connectivity index (χ0) is 15.8. The van der Waals surface area contributed by atoms with E-state index in [2.05, 4.69) is 0 Å². The Kier molecular flexibility index (Phi) is 3.22. The van der Waals surface area contributed by atoms with Crippen LogP contribution in [0.1, 0.15) is 17.0 Å². The van der Waals surface area contributed by atoms with Crippen LogP contribution in [0.25, 0.3) is 0 Å². The van der Waals surface area contributed by atoms with Gasteiger partial charge in [0.05, 0.1) is 5.92 Å². The van der Waals surface area contributed by atoms with Crippen LogP contribution in [0.15, 0.2) is 36.4 Å². The van der Waals surface area contributed by atoms with Crippen molar-refractivity contribution in [2.75, 3.05) is 13.6 Å². The molecule has 2 heterocycles. The molecule has 0 aliphatic carbocycles. The van der Waals surface area contributed by atoms with Crippen LogP contribution in [0.2, 0.25) is 0 Å². The first-order valence-corrected chi connectivity index (χ1v) is 7.21. The van der Waals surface area contributed by atoms with Crippen molar-refractivity contribution in [3.05, 3.63) is 47.5 Å². The molecule has 6 heteroatoms. The van der Waals surface area contributed by atoms with Crippen LogP contribution in [0, 0.1) is 0 Å². The smallest absolute Gasteiger partial charge is 0.311 e. The number of hydrogen-bond acceptors (Lipinski definition) is 5. The molecule has 1 atom stereocenters. The Morgan fingerprint density at radius 1 is 0.913 bits per heavy atom. The van der Waals surface area contributed by atoms with Crippen molar-refractivity contribution in [2.24, 2.45) is 0 Å². The zero-order valence-electron chi connectivity index (χ0n) is 12.2. The van der Waals surface area contributed by atoms with Gasteiger partial charge in [-0.1, -0.05) is 12.1 Å². The number of aliphatic carboxylic acids is 1. The molecule has 1 unspecified atom stereocenters. The van der Waals surface area contributed by atoms with Crippen molar-refractivity contribution < 1.29 is 28.8 Å². The predicted octanol–water partition coefficient (Wildman–Crippen LogP) is 2.55. The van der Waals surface area contributed by atoms with E-state index < -0.39 is 11.9 Å². The molecule has 0 saturated carbocycles. The standard InChI is InChI=1S/C17H14O6/c18-17(19)12(11-2-4-14-16(7-11)23-9-21-14)5-10-1-3-13-15(6-10)22-8-20-13/h1-4,6-7,12H,5,8-9H2,(H,18,19). The van der Waals surface area contributed by atoms with Gasteiger partial charge in [0.2, 0.25) is 13.6 Å². The van der Waals surface area contributed by atoms with Gasteiger partial charge in [0.1, 0.15) is 0 Å². The summed E-state index contributed by atoms with van der Waals surface area (Å²) < 4.78 is 21.2. The molecule has 4 rings (SSSR count). The molecule has 2 aliphatic heterocycles. The monoisotopic (exact) mass is 314 g/mol. The fraction of sp³-hybridized carbons (Fsp3) is 0.235. The van der Waals surface area contributed by atoms with Gasteiger partial charge in [-0.3, -0.25) is 4.79 Å². The summed E-state index contributed by atoms with van der Waals surface area (Å²) in [5, 5.41) is 9.60. The molecular formula is C17H14O6. The van der Waals surface area contributed by atoms with Gasteiger partial charge in [-0.25, -0.2) is 0 Å². The molecule has 2 aromatic carbocycles. The van der Waals surface area contributed by atoms with Crippen LogP contribution in [0.3, 0.4) is 0 Å². The summed E-state index contributed by atoms with van der Waals surface area (Å²) in [6.07, 6.45) is 0.353. The van der Waals surface area contributed by atoms with Gasteiger partial charge in [-0.05, 0) is 41.8 Å². The maximum atomic E-state index is 11.7. The number of ether oxygens (including phenoxy) is 4. The summed E-state index contributed by atoms with van der Waals surface area (Å²) in [7, 11) is 0. The minimum atomic E-state index is -0.887. The third-order valence-electron chi connectivity index (χ3n) is 3.97. The van der Waals surface area contributed by atoms with Gasteiger partial charge in [0, 0.05) is 0 Å². The molecule has 0 saturated heterocycles. The van der Waals surface area contributed by atoms with Gasteiger partial charge >= 0.3 is 5.97 Å². The average Bonchev–Trinajstić information content (AvgIpc) is 3.19. The van der Waals surface area contributed by atoms with Crippen LogP contribution < -0.4 is 18.9 Å². The van der Waals surface area contributed by atoms with E-state index in [1.165, 1.54) is 0 Å². The lowest BCUT2D eigenvalue weighted by molar-refractivity contribution is -0.138. The molecular weight excluding hydrogens is 300 g/mol. The van der Waals surface area contributed by atoms with Gasteiger partial charge in [0.15, 0.2) is 23.0 Å². The van der Waals surface area contributed by atoms with E-state index in [1.807, 2.05) is 12.1 Å². The molecule has 0 radical (unpaired) electrons. The molecule has 0 amide bonds. The Labute approximate surface area is 132 Å². The molecule has 1 N–H and O–H groups in total. The second-order valence-electron chi connectivity index (χ2n) is 5.40. The highest BCUT2D eigenvalue weighted by molar-refractivity contribution is 5.77. The molecule has 0 fully saturated rings. The number of benzene rings is 2. The first kappa shape index (κ1) is 13.8. The number of carbonyl (C=O) groups is 1. The normalized spacial score (nSPS) is 15.5. The second kappa shape index (κ2) is 5.39. The Hall–Kier alpha value is -2.89. The fourth-order valence-electron chi connectivity index (χ4n) is 2.78. The number of fused-ring (bicyclic) bond motifs is 2. The molecule has 2 aliphatic rings. The minimum absolute atomic E-state index is 0.165. The molecule has 6 nitrogen and oxygen atoms in total. The largest absolute Gasteiger partial charge is 0.481 e. The van der Waals surface area contributed by atoms with E-state index in [9.17, 15) is 9.90 Å². The van der Waals surface area contributed by atoms with Gasteiger partial charge < -0.3 is 24.1 Å². The molecule has 0 bridgehead atoms. The van der Waals surface area contributed by atoms with Crippen molar-refractivity contribution in [3.63, 3.8) is 0 Å². The molecule has 0 spiro atoms. The number of hydrogen-bond donors (Lipinski definition) is 1. The quantitative estimate of drug-likeness (QED) is 0.935. The summed E-state index contributed by atoms with van der Waals surface area (Å²) >= 11 is 0. The highest BCUT2D eigenvalue weighted by atomic mass is 16.7. The van der Waals surface area contributed by atoms with Crippen LogP contribution >= 0.6 is 0 Å². The number of carboxylic acid groups (broad SMARTS) is 1. The summed E-state index contributed by atoms with van der Waals surface area (Å²) in [6.45, 7) is 0.363. The third-order valence-corrected chi connectivity index (χ3v) is 3.97. The number of carboxylic acids is 1. The van der Waals surface area contributed by atoms with Crippen LogP contribution in [0.4, 0.5) is 0 Å². The van der Waals surface area contributed by atoms with Crippen LogP contribution in [-0.4, -0.2) is 24.7 Å². The van der Waals surface area contributed by atoms with E-state index in [-0.39, 0.29) is 13.6 Å². The molecule has 0 aromatic heterocycles. The molecule has 23 heavy (non-hydrogen) atoms. The average molecular weight is 314 g/mol. The van der Waals surface area contributed by atoms with Gasteiger partial charge in [-0.2, -0.15) is 0 Å². The summed E-state index contributed by atoms with van der Waals surface area (Å²) in [5.41, 5.74) is 1.55. The highest BCUT2D eigenvalue weighted by Crippen LogP contribution is 2.37. The lowest BCUT2D eigenvalue weighted by atomic mass is 9.91. The van der Waals surface area contributed by atoms with Crippen LogP contribution in [-0.2, 0) is 11.2 Å². The first-order valence-electron chi connectivity index (χ1n) is 7.21. The first-order chi connectivity index (χ1) is 11.2. The van der Waals surface area contributed by atoms with E-state index >= 15 is 0 Å². The third kappa shape index (κ3) is 2.52. The molecule has 118 valence electrons. The van der Waals surface area contributed by atoms with Crippen molar-refractivity contribution in [1.82, 2.24) is 0 Å². The van der Waals surface area contributed by atoms with Crippen molar-refractivity contribution in [2.45, 2.75) is 12.3 Å². The lowest BCUT2D eigenvalue weighted by Crippen LogP contribution is -2.14.